The van der Waals surface area contributed by atoms with Gasteiger partial charge >= 0.3 is 0 Å². The van der Waals surface area contributed by atoms with Gasteiger partial charge in [0.05, 0.1) is 32.0 Å². The maximum Gasteiger partial charge on any atom is 0.220 e. The van der Waals surface area contributed by atoms with E-state index in [9.17, 15) is 45.6 Å². The molecule has 2 heterocycles. The number of carbonyl (C=O) groups is 1. The van der Waals surface area contributed by atoms with Crippen LogP contribution in [-0.2, 0) is 23.7 Å². The number of unbranched alkanes of at least 4 members (excludes halogenated alkanes) is 24. The van der Waals surface area contributed by atoms with Crippen LogP contribution in [-0.4, -0.2) is 140 Å². The predicted molar refractivity (Wildman–Crippen MR) is 373 cm³/mol. The fraction of sp³-hybridized carbons (Fsp3) is 0.701. The minimum absolute atomic E-state index is 0.231. The Morgan fingerprint density at radius 2 is 0.769 bits per heavy atom. The predicted octanol–water partition coefficient (Wildman–Crippen LogP) is 15.1. The highest BCUT2D eigenvalue weighted by Gasteiger charge is 2.51. The van der Waals surface area contributed by atoms with Crippen molar-refractivity contribution in [2.75, 3.05) is 19.8 Å². The largest absolute Gasteiger partial charge is 0.394 e. The molecule has 2 fully saturated rings. The smallest absolute Gasteiger partial charge is 0.220 e. The Balaban J connectivity index is 1.73. The van der Waals surface area contributed by atoms with Crippen molar-refractivity contribution in [1.82, 2.24) is 5.32 Å². The van der Waals surface area contributed by atoms with Gasteiger partial charge in [0.1, 0.15) is 48.8 Å². The first-order valence-electron chi connectivity index (χ1n) is 35.9. The SMILES string of the molecule is CC/C=C\C/C=C\C/C=C\C/C=C\C/C=C\C/C=C\C/C=C\C/C=C\CCCCCCC(=O)NC(COC1OC(CO)C(OC2OC(CO)C(O)C(O)C2O)C(O)C1O)C(O)/C=C/CC/C=C/CC/C=C/CCCCCCCCCCCCCCCCCCCC. The number of carbonyl (C=O) groups excluding carboxylic acids is 1. The molecule has 91 heavy (non-hydrogen) atoms. The number of rotatable bonds is 57. The van der Waals surface area contributed by atoms with E-state index in [1.807, 2.05) is 6.08 Å². The number of hydrogen-bond donors (Lipinski definition) is 9. The highest BCUT2D eigenvalue weighted by molar-refractivity contribution is 5.76. The number of aliphatic hydroxyl groups excluding tert-OH is 8. The second-order valence-corrected chi connectivity index (χ2v) is 24.6. The summed E-state index contributed by atoms with van der Waals surface area (Å²) in [6.07, 6.45) is 72.2. The molecule has 9 N–H and O–H groups in total. The van der Waals surface area contributed by atoms with E-state index in [1.165, 1.54) is 116 Å². The molecular formula is C77H129NO13. The first-order chi connectivity index (χ1) is 44.6. The van der Waals surface area contributed by atoms with Crippen LogP contribution in [0.1, 0.15) is 251 Å². The zero-order valence-corrected chi connectivity index (χ0v) is 56.5. The molecule has 1 amide bonds. The molecule has 0 spiro atoms. The molecule has 2 saturated heterocycles. The third-order valence-corrected chi connectivity index (χ3v) is 16.5. The van der Waals surface area contributed by atoms with Crippen molar-refractivity contribution in [3.63, 3.8) is 0 Å². The Bertz CT molecular complexity index is 2040. The van der Waals surface area contributed by atoms with Crippen LogP contribution in [0.4, 0.5) is 0 Å². The third-order valence-electron chi connectivity index (χ3n) is 16.5. The lowest BCUT2D eigenvalue weighted by atomic mass is 9.97. The summed E-state index contributed by atoms with van der Waals surface area (Å²) in [4.78, 5) is 13.3. The van der Waals surface area contributed by atoms with Crippen LogP contribution < -0.4 is 5.32 Å². The summed E-state index contributed by atoms with van der Waals surface area (Å²) in [5, 5.41) is 87.4. The fourth-order valence-corrected chi connectivity index (χ4v) is 10.9. The molecule has 12 atom stereocenters. The van der Waals surface area contributed by atoms with E-state index >= 15 is 0 Å². The molecule has 0 saturated carbocycles. The number of hydrogen-bond acceptors (Lipinski definition) is 13. The maximum absolute atomic E-state index is 13.3. The Morgan fingerprint density at radius 1 is 0.407 bits per heavy atom. The molecule has 520 valence electrons. The molecule has 0 bridgehead atoms. The minimum Gasteiger partial charge on any atom is -0.394 e. The lowest BCUT2D eigenvalue weighted by Crippen LogP contribution is -2.65. The van der Waals surface area contributed by atoms with Crippen molar-refractivity contribution in [2.24, 2.45) is 0 Å². The average molecular weight is 1280 g/mol. The summed E-state index contributed by atoms with van der Waals surface area (Å²) in [7, 11) is 0. The molecular weight excluding hydrogens is 1150 g/mol. The second-order valence-electron chi connectivity index (χ2n) is 24.6. The van der Waals surface area contributed by atoms with Crippen LogP contribution in [0.25, 0.3) is 0 Å². The van der Waals surface area contributed by atoms with Crippen LogP contribution in [0.2, 0.25) is 0 Å². The first-order valence-corrected chi connectivity index (χ1v) is 35.9. The first kappa shape index (κ1) is 83.2. The van der Waals surface area contributed by atoms with Crippen molar-refractivity contribution < 1.29 is 64.6 Å². The van der Waals surface area contributed by atoms with E-state index in [1.54, 1.807) is 6.08 Å². The van der Waals surface area contributed by atoms with Crippen LogP contribution in [0.5, 0.6) is 0 Å². The number of amides is 1. The molecule has 14 heteroatoms. The summed E-state index contributed by atoms with van der Waals surface area (Å²) in [5.41, 5.74) is 0. The van der Waals surface area contributed by atoms with Gasteiger partial charge < -0.3 is 65.1 Å². The van der Waals surface area contributed by atoms with Gasteiger partial charge in [0.25, 0.3) is 0 Å². The summed E-state index contributed by atoms with van der Waals surface area (Å²) < 4.78 is 22.8. The Morgan fingerprint density at radius 3 is 1.21 bits per heavy atom. The molecule has 2 aliphatic heterocycles. The Kier molecular flexibility index (Phi) is 54.7. The van der Waals surface area contributed by atoms with Crippen molar-refractivity contribution in [2.45, 2.75) is 325 Å². The molecule has 12 unspecified atom stereocenters. The molecule has 2 aliphatic rings. The van der Waals surface area contributed by atoms with Gasteiger partial charge in [0.2, 0.25) is 5.91 Å². The van der Waals surface area contributed by atoms with Crippen LogP contribution in [0, 0.1) is 0 Å². The Hall–Kier alpha value is -3.87. The average Bonchev–Trinajstić information content (AvgIpc) is 1.06. The lowest BCUT2D eigenvalue weighted by Gasteiger charge is -2.46. The minimum atomic E-state index is -1.80. The zero-order valence-electron chi connectivity index (χ0n) is 56.5. The molecule has 0 aromatic rings. The van der Waals surface area contributed by atoms with Gasteiger partial charge in [-0.1, -0.05) is 270 Å². The van der Waals surface area contributed by atoms with Gasteiger partial charge in [-0.15, -0.1) is 0 Å². The summed E-state index contributed by atoms with van der Waals surface area (Å²) in [6.45, 7) is 2.65. The van der Waals surface area contributed by atoms with Gasteiger partial charge in [-0.2, -0.15) is 0 Å². The van der Waals surface area contributed by atoms with Crippen LogP contribution in [0.3, 0.4) is 0 Å². The number of allylic oxidation sites excluding steroid dienone is 21. The quantitative estimate of drug-likeness (QED) is 0.0204. The maximum atomic E-state index is 13.3. The molecule has 0 aliphatic carbocycles. The van der Waals surface area contributed by atoms with Gasteiger partial charge in [-0.3, -0.25) is 4.79 Å². The summed E-state index contributed by atoms with van der Waals surface area (Å²) >= 11 is 0. The highest BCUT2D eigenvalue weighted by Crippen LogP contribution is 2.30. The van der Waals surface area contributed by atoms with E-state index in [4.69, 9.17) is 18.9 Å². The monoisotopic (exact) mass is 1280 g/mol. The van der Waals surface area contributed by atoms with E-state index in [0.717, 1.165) is 103 Å². The normalized spacial score (nSPS) is 23.6. The molecule has 14 nitrogen and oxygen atoms in total. The van der Waals surface area contributed by atoms with E-state index < -0.39 is 86.8 Å². The number of aliphatic hydroxyl groups is 8. The molecule has 2 rings (SSSR count). The van der Waals surface area contributed by atoms with Crippen molar-refractivity contribution in [3.8, 4) is 0 Å². The Labute approximate surface area is 551 Å². The standard InChI is InChI=1S/C77H129NO13/c1-3-5-7-9-11-13-15-17-19-21-23-25-27-29-31-33-35-37-39-41-43-45-47-49-51-53-55-57-59-61-69(82)78-65(64-88-76-74(87)72(85)75(68(63-80)90-76)91-77-73(86)71(84)70(83)67(62-79)89-77)66(81)60-58-56-54-52-50-48-46-44-42-40-38-36-34-32-30-28-26-24-22-20-18-16-14-12-10-8-6-4-2/h5,7,11,13,17,19,23,25,29,31,35,37,41-44,47,49-50,52,58,60,65-68,70-77,79-81,83-87H,3-4,6,8-10,12,14-16,18,20-22,24,26-28,30,32-34,36,38-40,45-46,48,51,53-57,59,61-64H2,1-2H3,(H,78,82)/b7-5-,13-11-,19-17-,25-23-,31-29-,37-35-,43-41-,44-42+,49-47-,52-50+,60-58+. The molecule has 0 aromatic heterocycles. The van der Waals surface area contributed by atoms with Gasteiger partial charge in [-0.25, -0.2) is 0 Å². The van der Waals surface area contributed by atoms with E-state index in [-0.39, 0.29) is 18.9 Å². The van der Waals surface area contributed by atoms with Crippen molar-refractivity contribution in [1.29, 1.82) is 0 Å². The van der Waals surface area contributed by atoms with Gasteiger partial charge in [0.15, 0.2) is 12.6 Å². The van der Waals surface area contributed by atoms with E-state index in [2.05, 4.69) is 141 Å². The third kappa shape index (κ3) is 43.7. The van der Waals surface area contributed by atoms with Crippen LogP contribution >= 0.6 is 0 Å². The van der Waals surface area contributed by atoms with Gasteiger partial charge in [0, 0.05) is 6.42 Å². The summed E-state index contributed by atoms with van der Waals surface area (Å²) in [6, 6.07) is -0.964. The second kappa shape index (κ2) is 59.8. The number of ether oxygens (including phenoxy) is 4. The van der Waals surface area contributed by atoms with Crippen LogP contribution in [0.15, 0.2) is 134 Å². The van der Waals surface area contributed by atoms with Gasteiger partial charge in [-0.05, 0) is 109 Å². The molecule has 0 radical (unpaired) electrons. The topological polar surface area (TPSA) is 228 Å². The van der Waals surface area contributed by atoms with E-state index in [0.29, 0.717) is 12.8 Å². The molecule has 0 aromatic carbocycles. The zero-order chi connectivity index (χ0) is 65.9. The number of nitrogens with one attached hydrogen (secondary N) is 1. The lowest BCUT2D eigenvalue weighted by molar-refractivity contribution is -0.359. The van der Waals surface area contributed by atoms with Crippen molar-refractivity contribution >= 4 is 5.91 Å². The van der Waals surface area contributed by atoms with Crippen molar-refractivity contribution in [3.05, 3.63) is 134 Å². The highest BCUT2D eigenvalue weighted by atomic mass is 16.7. The fourth-order valence-electron chi connectivity index (χ4n) is 10.9. The summed E-state index contributed by atoms with van der Waals surface area (Å²) in [5.74, 6) is -0.282.